The summed E-state index contributed by atoms with van der Waals surface area (Å²) >= 11 is 6.65. The first-order valence-corrected chi connectivity index (χ1v) is 7.06. The van der Waals surface area contributed by atoms with E-state index in [1.165, 1.54) is 12.1 Å². The fraction of sp³-hybridized carbons (Fsp3) is 0.364. The molecule has 1 aromatic carbocycles. The van der Waals surface area contributed by atoms with E-state index in [1.807, 2.05) is 0 Å². The number of hydrogen-bond acceptors (Lipinski definition) is 3. The maximum Gasteiger partial charge on any atom is 0.271 e. The number of halogens is 2. The van der Waals surface area contributed by atoms with E-state index < -0.39 is 4.92 Å². The molecule has 0 aliphatic carbocycles. The van der Waals surface area contributed by atoms with E-state index in [4.69, 9.17) is 0 Å². The highest BCUT2D eigenvalue weighted by molar-refractivity contribution is 9.10. The normalized spacial score (nSPS) is 19.0. The molecule has 7 heteroatoms. The lowest BCUT2D eigenvalue weighted by Gasteiger charge is -2.15. The fourth-order valence-electron chi connectivity index (χ4n) is 1.89. The number of hydrogen-bond donors (Lipinski definition) is 0. The van der Waals surface area contributed by atoms with Gasteiger partial charge in [0.1, 0.15) is 0 Å². The molecule has 1 fully saturated rings. The quantitative estimate of drug-likeness (QED) is 0.452. The van der Waals surface area contributed by atoms with Gasteiger partial charge in [0.15, 0.2) is 0 Å². The molecule has 18 heavy (non-hydrogen) atoms. The molecule has 0 aromatic heterocycles. The van der Waals surface area contributed by atoms with Crippen LogP contribution in [0.25, 0.3) is 0 Å². The lowest BCUT2D eigenvalue weighted by molar-refractivity contribution is -0.385. The van der Waals surface area contributed by atoms with Crippen molar-refractivity contribution in [1.82, 2.24) is 4.90 Å². The first-order chi connectivity index (χ1) is 8.47. The number of non-ortho nitro benzene ring substituents is 1. The number of nitro groups is 1. The predicted molar refractivity (Wildman–Crippen MR) is 74.0 cm³/mol. The van der Waals surface area contributed by atoms with Crippen molar-refractivity contribution in [3.63, 3.8) is 0 Å². The highest BCUT2D eigenvalue weighted by Crippen LogP contribution is 2.24. The summed E-state index contributed by atoms with van der Waals surface area (Å²) in [5.41, 5.74) is 0.264. The minimum atomic E-state index is -0.501. The minimum absolute atomic E-state index is 0.0812. The Morgan fingerprint density at radius 3 is 2.72 bits per heavy atom. The molecule has 0 spiro atoms. The zero-order chi connectivity index (χ0) is 13.3. The number of likely N-dealkylation sites (tertiary alicyclic amines) is 1. The van der Waals surface area contributed by atoms with Gasteiger partial charge in [-0.05, 0) is 12.5 Å². The Morgan fingerprint density at radius 1 is 1.44 bits per heavy atom. The van der Waals surface area contributed by atoms with Crippen molar-refractivity contribution in [3.05, 3.63) is 38.3 Å². The van der Waals surface area contributed by atoms with Gasteiger partial charge in [0.2, 0.25) is 0 Å². The van der Waals surface area contributed by atoms with Crippen LogP contribution in [0.4, 0.5) is 5.69 Å². The fourth-order valence-corrected chi connectivity index (χ4v) is 2.92. The summed E-state index contributed by atoms with van der Waals surface area (Å²) in [4.78, 5) is 24.4. The van der Waals surface area contributed by atoms with Crippen LogP contribution in [0.2, 0.25) is 0 Å². The largest absolute Gasteiger partial charge is 0.337 e. The van der Waals surface area contributed by atoms with Crippen molar-refractivity contribution in [2.45, 2.75) is 11.2 Å². The Balaban J connectivity index is 2.27. The standard InChI is InChI=1S/C11H10Br2N2O3/c12-8-1-2-14(6-8)11(16)7-3-9(13)5-10(4-7)15(17)18/h3-5,8H,1-2,6H2. The maximum atomic E-state index is 12.2. The Bertz CT molecular complexity index is 507. The molecule has 2 rings (SSSR count). The molecule has 1 heterocycles. The number of nitro benzene ring substituents is 1. The van der Waals surface area contributed by atoms with Gasteiger partial charge >= 0.3 is 0 Å². The van der Waals surface area contributed by atoms with E-state index in [0.717, 1.165) is 6.42 Å². The van der Waals surface area contributed by atoms with E-state index in [-0.39, 0.29) is 11.6 Å². The molecule has 0 saturated carbocycles. The molecule has 1 unspecified atom stereocenters. The van der Waals surface area contributed by atoms with Crippen LogP contribution >= 0.6 is 31.9 Å². The number of benzene rings is 1. The third-order valence-electron chi connectivity index (χ3n) is 2.76. The van der Waals surface area contributed by atoms with Crippen LogP contribution in [0.3, 0.4) is 0 Å². The molecule has 1 aromatic rings. The van der Waals surface area contributed by atoms with Gasteiger partial charge in [-0.3, -0.25) is 14.9 Å². The molecule has 1 aliphatic heterocycles. The minimum Gasteiger partial charge on any atom is -0.337 e. The second-order valence-corrected chi connectivity index (χ2v) is 6.30. The van der Waals surface area contributed by atoms with Gasteiger partial charge in [0, 0.05) is 40.1 Å². The first kappa shape index (κ1) is 13.5. The summed E-state index contributed by atoms with van der Waals surface area (Å²) < 4.78 is 0.537. The Morgan fingerprint density at radius 2 is 2.17 bits per heavy atom. The van der Waals surface area contributed by atoms with Crippen molar-refractivity contribution in [1.29, 1.82) is 0 Å². The Kier molecular flexibility index (Phi) is 4.01. The van der Waals surface area contributed by atoms with Gasteiger partial charge in [-0.25, -0.2) is 0 Å². The first-order valence-electron chi connectivity index (χ1n) is 5.35. The molecule has 96 valence electrons. The summed E-state index contributed by atoms with van der Waals surface area (Å²) in [5.74, 6) is -0.165. The lowest BCUT2D eigenvalue weighted by Crippen LogP contribution is -2.28. The van der Waals surface area contributed by atoms with Gasteiger partial charge in [0.05, 0.1) is 4.92 Å². The average Bonchev–Trinajstić information content (AvgIpc) is 2.74. The van der Waals surface area contributed by atoms with E-state index >= 15 is 0 Å². The molecular weight excluding hydrogens is 368 g/mol. The zero-order valence-electron chi connectivity index (χ0n) is 9.31. The number of carbonyl (C=O) groups is 1. The average molecular weight is 378 g/mol. The summed E-state index contributed by atoms with van der Waals surface area (Å²) in [5, 5.41) is 10.8. The van der Waals surface area contributed by atoms with Gasteiger partial charge in [0.25, 0.3) is 11.6 Å². The van der Waals surface area contributed by atoms with Gasteiger partial charge in [-0.2, -0.15) is 0 Å². The molecule has 1 atom stereocenters. The summed E-state index contributed by atoms with van der Waals surface area (Å²) in [6, 6.07) is 4.31. The van der Waals surface area contributed by atoms with Crippen LogP contribution in [-0.2, 0) is 0 Å². The van der Waals surface area contributed by atoms with Crippen LogP contribution in [0.5, 0.6) is 0 Å². The topological polar surface area (TPSA) is 63.4 Å². The monoisotopic (exact) mass is 376 g/mol. The lowest BCUT2D eigenvalue weighted by atomic mass is 10.2. The van der Waals surface area contributed by atoms with Crippen LogP contribution in [0, 0.1) is 10.1 Å². The predicted octanol–water partition coefficient (Wildman–Crippen LogP) is 2.97. The van der Waals surface area contributed by atoms with Crippen molar-refractivity contribution in [2.75, 3.05) is 13.1 Å². The molecule has 0 radical (unpaired) electrons. The Hall–Kier alpha value is -0.950. The van der Waals surface area contributed by atoms with Gasteiger partial charge in [-0.1, -0.05) is 31.9 Å². The van der Waals surface area contributed by atoms with Crippen molar-refractivity contribution >= 4 is 43.5 Å². The van der Waals surface area contributed by atoms with Gasteiger partial charge in [-0.15, -0.1) is 0 Å². The number of rotatable bonds is 2. The Labute approximate surface area is 121 Å². The molecule has 0 bridgehead atoms. The maximum absolute atomic E-state index is 12.2. The highest BCUT2D eigenvalue weighted by Gasteiger charge is 2.26. The highest BCUT2D eigenvalue weighted by atomic mass is 79.9. The van der Waals surface area contributed by atoms with Crippen LogP contribution < -0.4 is 0 Å². The van der Waals surface area contributed by atoms with Crippen LogP contribution in [-0.4, -0.2) is 33.6 Å². The van der Waals surface area contributed by atoms with E-state index in [1.54, 1.807) is 11.0 Å². The second-order valence-electron chi connectivity index (χ2n) is 4.09. The van der Waals surface area contributed by atoms with Crippen molar-refractivity contribution in [3.8, 4) is 0 Å². The van der Waals surface area contributed by atoms with Gasteiger partial charge < -0.3 is 4.90 Å². The molecule has 0 N–H and O–H groups in total. The summed E-state index contributed by atoms with van der Waals surface area (Å²) in [6.45, 7) is 1.31. The molecule has 1 saturated heterocycles. The number of nitrogens with zero attached hydrogens (tertiary/aromatic N) is 2. The smallest absolute Gasteiger partial charge is 0.271 e. The number of amides is 1. The number of carbonyl (C=O) groups excluding carboxylic acids is 1. The van der Waals surface area contributed by atoms with Crippen molar-refractivity contribution in [2.24, 2.45) is 0 Å². The second kappa shape index (κ2) is 5.36. The van der Waals surface area contributed by atoms with Crippen molar-refractivity contribution < 1.29 is 9.72 Å². The number of alkyl halides is 1. The molecular formula is C11H10Br2N2O3. The summed E-state index contributed by atoms with van der Waals surface area (Å²) in [7, 11) is 0. The molecule has 1 amide bonds. The van der Waals surface area contributed by atoms with Crippen LogP contribution in [0.1, 0.15) is 16.8 Å². The van der Waals surface area contributed by atoms with E-state index in [0.29, 0.717) is 28.0 Å². The third kappa shape index (κ3) is 2.89. The molecule has 1 aliphatic rings. The molecule has 5 nitrogen and oxygen atoms in total. The van der Waals surface area contributed by atoms with E-state index in [9.17, 15) is 14.9 Å². The third-order valence-corrected chi connectivity index (χ3v) is 3.96. The summed E-state index contributed by atoms with van der Waals surface area (Å²) in [6.07, 6.45) is 0.905. The van der Waals surface area contributed by atoms with Crippen LogP contribution in [0.15, 0.2) is 22.7 Å². The van der Waals surface area contributed by atoms with E-state index in [2.05, 4.69) is 31.9 Å². The SMILES string of the molecule is O=C(c1cc(Br)cc([N+](=O)[O-])c1)N1CCC(Br)C1. The zero-order valence-corrected chi connectivity index (χ0v) is 12.5.